The zero-order chi connectivity index (χ0) is 16.7. The van der Waals surface area contributed by atoms with Crippen LogP contribution in [0.4, 0.5) is 10.2 Å². The van der Waals surface area contributed by atoms with Crippen molar-refractivity contribution in [2.75, 3.05) is 5.32 Å². The van der Waals surface area contributed by atoms with Crippen molar-refractivity contribution in [1.29, 1.82) is 0 Å². The molecule has 0 saturated carbocycles. The lowest BCUT2D eigenvalue weighted by Gasteiger charge is -2.17. The summed E-state index contributed by atoms with van der Waals surface area (Å²) >= 11 is 0. The van der Waals surface area contributed by atoms with E-state index in [1.807, 2.05) is 30.3 Å². The van der Waals surface area contributed by atoms with Crippen LogP contribution in [0.15, 0.2) is 48.5 Å². The zero-order valence-corrected chi connectivity index (χ0v) is 12.9. The number of para-hydroxylation sites is 1. The molecular formula is C19H16FN3O. The van der Waals surface area contributed by atoms with Crippen LogP contribution in [0.3, 0.4) is 0 Å². The molecule has 5 heteroatoms. The van der Waals surface area contributed by atoms with Gasteiger partial charge in [-0.05, 0) is 48.2 Å². The van der Waals surface area contributed by atoms with Crippen LogP contribution in [0.5, 0.6) is 0 Å². The topological polar surface area (TPSA) is 68.0 Å². The molecule has 1 atom stereocenters. The van der Waals surface area contributed by atoms with Crippen molar-refractivity contribution in [3.63, 3.8) is 0 Å². The van der Waals surface area contributed by atoms with Crippen molar-refractivity contribution in [3.8, 4) is 0 Å². The Morgan fingerprint density at radius 3 is 2.88 bits per heavy atom. The number of nitrogens with one attached hydrogen (secondary N) is 1. The molecule has 4 rings (SSSR count). The summed E-state index contributed by atoms with van der Waals surface area (Å²) < 4.78 is 13.6. The van der Waals surface area contributed by atoms with Crippen LogP contribution in [-0.4, -0.2) is 10.9 Å². The van der Waals surface area contributed by atoms with E-state index in [9.17, 15) is 9.18 Å². The lowest BCUT2D eigenvalue weighted by atomic mass is 10.1. The van der Waals surface area contributed by atoms with Gasteiger partial charge in [0, 0.05) is 5.39 Å². The number of fused-ring (bicyclic) bond motifs is 2. The molecule has 24 heavy (non-hydrogen) atoms. The molecule has 4 nitrogen and oxygen atoms in total. The summed E-state index contributed by atoms with van der Waals surface area (Å²) in [6, 6.07) is 14.1. The van der Waals surface area contributed by atoms with Gasteiger partial charge in [-0.25, -0.2) is 9.37 Å². The number of rotatable bonds is 3. The molecule has 0 bridgehead atoms. The normalized spacial score (nSPS) is 16.1. The van der Waals surface area contributed by atoms with Crippen LogP contribution in [0.25, 0.3) is 10.9 Å². The lowest BCUT2D eigenvalue weighted by Crippen LogP contribution is -2.17. The van der Waals surface area contributed by atoms with Gasteiger partial charge in [0.05, 0.1) is 17.1 Å². The van der Waals surface area contributed by atoms with Gasteiger partial charge < -0.3 is 11.1 Å². The maximum atomic E-state index is 13.6. The van der Waals surface area contributed by atoms with Gasteiger partial charge >= 0.3 is 0 Å². The Morgan fingerprint density at radius 2 is 2.04 bits per heavy atom. The minimum atomic E-state index is -0.534. The zero-order valence-electron chi connectivity index (χ0n) is 12.9. The first-order valence-electron chi connectivity index (χ1n) is 7.86. The van der Waals surface area contributed by atoms with Gasteiger partial charge in [0.2, 0.25) is 0 Å². The number of primary amides is 1. The maximum Gasteiger partial charge on any atom is 0.252 e. The van der Waals surface area contributed by atoms with E-state index in [2.05, 4.69) is 10.3 Å². The number of carbonyl (C=O) groups is 1. The third kappa shape index (κ3) is 2.48. The van der Waals surface area contributed by atoms with Gasteiger partial charge in [0.1, 0.15) is 11.6 Å². The van der Waals surface area contributed by atoms with Gasteiger partial charge in [0.15, 0.2) is 0 Å². The largest absolute Gasteiger partial charge is 0.365 e. The molecule has 3 N–H and O–H groups in total. The van der Waals surface area contributed by atoms with Crippen molar-refractivity contribution >= 4 is 22.6 Å². The minimum absolute atomic E-state index is 0.0811. The predicted molar refractivity (Wildman–Crippen MR) is 91.3 cm³/mol. The lowest BCUT2D eigenvalue weighted by molar-refractivity contribution is 0.100. The number of anilines is 1. The van der Waals surface area contributed by atoms with Gasteiger partial charge in [-0.15, -0.1) is 0 Å². The van der Waals surface area contributed by atoms with E-state index in [0.717, 1.165) is 34.9 Å². The Labute approximate surface area is 138 Å². The fraction of sp³-hybridized carbons (Fsp3) is 0.158. The number of nitrogens with zero attached hydrogens (tertiary/aromatic N) is 1. The fourth-order valence-electron chi connectivity index (χ4n) is 3.30. The number of nitrogens with two attached hydrogens (primary N) is 1. The number of hydrogen-bond donors (Lipinski definition) is 2. The second-order valence-corrected chi connectivity index (χ2v) is 6.02. The molecular weight excluding hydrogens is 305 g/mol. The van der Waals surface area contributed by atoms with E-state index in [-0.39, 0.29) is 11.9 Å². The average molecular weight is 321 g/mol. The summed E-state index contributed by atoms with van der Waals surface area (Å²) in [5.41, 5.74) is 8.68. The van der Waals surface area contributed by atoms with E-state index in [1.165, 1.54) is 6.07 Å². The molecule has 2 aromatic carbocycles. The van der Waals surface area contributed by atoms with Gasteiger partial charge in [-0.1, -0.05) is 24.3 Å². The summed E-state index contributed by atoms with van der Waals surface area (Å²) in [6.45, 7) is 0. The number of pyridine rings is 1. The molecule has 0 radical (unpaired) electrons. The van der Waals surface area contributed by atoms with E-state index in [4.69, 9.17) is 5.73 Å². The van der Waals surface area contributed by atoms with Crippen molar-refractivity contribution < 1.29 is 9.18 Å². The monoisotopic (exact) mass is 321 g/mol. The Kier molecular flexibility index (Phi) is 3.41. The first-order chi connectivity index (χ1) is 11.6. The maximum absolute atomic E-state index is 13.6. The third-order valence-corrected chi connectivity index (χ3v) is 4.49. The summed E-state index contributed by atoms with van der Waals surface area (Å²) in [5, 5.41) is 4.14. The van der Waals surface area contributed by atoms with Gasteiger partial charge in [0.25, 0.3) is 5.91 Å². The number of benzene rings is 2. The summed E-state index contributed by atoms with van der Waals surface area (Å²) in [7, 11) is 0. The number of carbonyl (C=O) groups excluding carboxylic acids is 1. The summed E-state index contributed by atoms with van der Waals surface area (Å²) in [6.07, 6.45) is 1.69. The van der Waals surface area contributed by atoms with E-state index in [1.54, 1.807) is 12.1 Å². The van der Waals surface area contributed by atoms with Crippen LogP contribution < -0.4 is 11.1 Å². The third-order valence-electron chi connectivity index (χ3n) is 4.49. The van der Waals surface area contributed by atoms with Crippen molar-refractivity contribution in [2.45, 2.75) is 18.9 Å². The molecule has 0 aliphatic heterocycles. The first-order valence-corrected chi connectivity index (χ1v) is 7.86. The van der Waals surface area contributed by atoms with Crippen molar-refractivity contribution in [1.82, 2.24) is 4.98 Å². The summed E-state index contributed by atoms with van der Waals surface area (Å²) in [5.74, 6) is -0.347. The van der Waals surface area contributed by atoms with E-state index < -0.39 is 5.91 Å². The Hall–Kier alpha value is -2.95. The van der Waals surface area contributed by atoms with Crippen molar-refractivity contribution in [3.05, 3.63) is 71.0 Å². The number of halogens is 1. The highest BCUT2D eigenvalue weighted by molar-refractivity contribution is 6.01. The number of hydrogen-bond acceptors (Lipinski definition) is 3. The second kappa shape index (κ2) is 5.60. The Morgan fingerprint density at radius 1 is 1.21 bits per heavy atom. The van der Waals surface area contributed by atoms with Crippen LogP contribution in [0.2, 0.25) is 0 Å². The molecule has 0 fully saturated rings. The number of amides is 1. The van der Waals surface area contributed by atoms with E-state index >= 15 is 0 Å². The fourth-order valence-corrected chi connectivity index (χ4v) is 3.30. The van der Waals surface area contributed by atoms with Crippen LogP contribution in [0, 0.1) is 5.82 Å². The predicted octanol–water partition coefficient (Wildman–Crippen LogP) is 3.57. The van der Waals surface area contributed by atoms with Crippen molar-refractivity contribution in [2.24, 2.45) is 5.73 Å². The van der Waals surface area contributed by atoms with Crippen LogP contribution in [-0.2, 0) is 6.42 Å². The highest BCUT2D eigenvalue weighted by Gasteiger charge is 2.24. The molecule has 1 aliphatic carbocycles. The molecule has 1 heterocycles. The molecule has 1 unspecified atom stereocenters. The SMILES string of the molecule is NC(=O)c1cc2ccccc2nc1NC1CCc2ccc(F)cc21. The average Bonchev–Trinajstić information content (AvgIpc) is 2.96. The molecule has 0 spiro atoms. The standard InChI is InChI=1S/C19H16FN3O/c20-13-7-5-11-6-8-17(14(11)10-13)23-19-15(18(21)24)9-12-3-1-2-4-16(12)22-19/h1-5,7,9-10,17H,6,8H2,(H2,21,24)(H,22,23). The van der Waals surface area contributed by atoms with Crippen LogP contribution >= 0.6 is 0 Å². The molecule has 1 aromatic heterocycles. The first kappa shape index (κ1) is 14.6. The van der Waals surface area contributed by atoms with Gasteiger partial charge in [-0.2, -0.15) is 0 Å². The molecule has 1 aliphatic rings. The Bertz CT molecular complexity index is 954. The molecule has 0 saturated heterocycles. The number of aromatic nitrogens is 1. The molecule has 120 valence electrons. The quantitative estimate of drug-likeness (QED) is 0.775. The Balaban J connectivity index is 1.76. The van der Waals surface area contributed by atoms with E-state index in [0.29, 0.717) is 11.4 Å². The molecule has 3 aromatic rings. The minimum Gasteiger partial charge on any atom is -0.365 e. The second-order valence-electron chi connectivity index (χ2n) is 6.02. The highest BCUT2D eigenvalue weighted by atomic mass is 19.1. The summed E-state index contributed by atoms with van der Waals surface area (Å²) in [4.78, 5) is 16.4. The molecule has 1 amide bonds. The van der Waals surface area contributed by atoms with Gasteiger partial charge in [-0.3, -0.25) is 4.79 Å². The number of aryl methyl sites for hydroxylation is 1. The highest BCUT2D eigenvalue weighted by Crippen LogP contribution is 2.35. The van der Waals surface area contributed by atoms with Crippen LogP contribution in [0.1, 0.15) is 33.9 Å². The smallest absolute Gasteiger partial charge is 0.252 e.